The van der Waals surface area contributed by atoms with Crippen LogP contribution in [0.3, 0.4) is 0 Å². The summed E-state index contributed by atoms with van der Waals surface area (Å²) in [5.74, 6) is 0. The molecule has 1 aromatic rings. The standard InChI is InChI=1S/C13H22N4O2S/c1-9-7-17(8-10(2)16(9)3)12-4-11(14)5-13(6-12)20(15,18)19/h4-6,9-10H,7-8,14H2,1-3H3,(H2,15,18,19). The fourth-order valence-corrected chi connectivity index (χ4v) is 3.15. The monoisotopic (exact) mass is 298 g/mol. The van der Waals surface area contributed by atoms with Gasteiger partial charge < -0.3 is 10.6 Å². The van der Waals surface area contributed by atoms with Crippen LogP contribution in [-0.4, -0.2) is 45.5 Å². The van der Waals surface area contributed by atoms with Crippen molar-refractivity contribution in [2.45, 2.75) is 30.8 Å². The van der Waals surface area contributed by atoms with Crippen LogP contribution in [0.2, 0.25) is 0 Å². The van der Waals surface area contributed by atoms with E-state index in [1.165, 1.54) is 6.07 Å². The summed E-state index contributed by atoms with van der Waals surface area (Å²) in [6, 6.07) is 5.55. The minimum atomic E-state index is -3.74. The molecule has 1 heterocycles. The van der Waals surface area contributed by atoms with Crippen molar-refractivity contribution in [3.63, 3.8) is 0 Å². The third-order valence-electron chi connectivity index (χ3n) is 3.97. The van der Waals surface area contributed by atoms with Crippen molar-refractivity contribution in [3.05, 3.63) is 18.2 Å². The Morgan fingerprint density at radius 2 is 1.70 bits per heavy atom. The highest BCUT2D eigenvalue weighted by Crippen LogP contribution is 2.26. The molecule has 6 nitrogen and oxygen atoms in total. The Hall–Kier alpha value is -1.31. The van der Waals surface area contributed by atoms with Crippen LogP contribution < -0.4 is 15.8 Å². The summed E-state index contributed by atoms with van der Waals surface area (Å²) in [5.41, 5.74) is 7.02. The quantitative estimate of drug-likeness (QED) is 0.773. The van der Waals surface area contributed by atoms with Gasteiger partial charge in [0.05, 0.1) is 4.90 Å². The summed E-state index contributed by atoms with van der Waals surface area (Å²) in [4.78, 5) is 4.52. The first-order valence-corrected chi connectivity index (χ1v) is 8.13. The maximum absolute atomic E-state index is 11.5. The smallest absolute Gasteiger partial charge is 0.238 e. The molecule has 20 heavy (non-hydrogen) atoms. The average molecular weight is 298 g/mol. The molecule has 1 fully saturated rings. The van der Waals surface area contributed by atoms with Crippen LogP contribution in [0.5, 0.6) is 0 Å². The predicted molar refractivity (Wildman–Crippen MR) is 81.1 cm³/mol. The Morgan fingerprint density at radius 1 is 1.15 bits per heavy atom. The second-order valence-electron chi connectivity index (χ2n) is 5.57. The van der Waals surface area contributed by atoms with Gasteiger partial charge in [-0.2, -0.15) is 0 Å². The highest BCUT2D eigenvalue weighted by Gasteiger charge is 2.27. The zero-order chi connectivity index (χ0) is 15.1. The number of hydrogen-bond donors (Lipinski definition) is 2. The van der Waals surface area contributed by atoms with Crippen LogP contribution in [0.4, 0.5) is 11.4 Å². The maximum Gasteiger partial charge on any atom is 0.238 e. The molecular formula is C13H22N4O2S. The molecule has 2 atom stereocenters. The Labute approximate surface area is 120 Å². The summed E-state index contributed by atoms with van der Waals surface area (Å²) in [6.07, 6.45) is 0. The second kappa shape index (κ2) is 5.23. The van der Waals surface area contributed by atoms with E-state index in [1.54, 1.807) is 12.1 Å². The number of nitrogens with two attached hydrogens (primary N) is 2. The molecule has 0 radical (unpaired) electrons. The summed E-state index contributed by atoms with van der Waals surface area (Å²) in [7, 11) is -1.64. The molecule has 0 bridgehead atoms. The zero-order valence-corrected chi connectivity index (χ0v) is 12.9. The van der Waals surface area contributed by atoms with E-state index in [9.17, 15) is 8.42 Å². The molecule has 1 aliphatic rings. The molecule has 2 unspecified atom stereocenters. The van der Waals surface area contributed by atoms with Crippen molar-refractivity contribution in [2.75, 3.05) is 30.8 Å². The van der Waals surface area contributed by atoms with E-state index in [0.717, 1.165) is 18.8 Å². The van der Waals surface area contributed by atoms with Gasteiger partial charge in [0.1, 0.15) is 0 Å². The molecule has 0 saturated carbocycles. The molecule has 1 aromatic carbocycles. The highest BCUT2D eigenvalue weighted by atomic mass is 32.2. The fourth-order valence-electron chi connectivity index (χ4n) is 2.57. The van der Waals surface area contributed by atoms with Gasteiger partial charge >= 0.3 is 0 Å². The minimum absolute atomic E-state index is 0.0618. The number of nitrogen functional groups attached to an aromatic ring is 1. The number of likely N-dealkylation sites (N-methyl/N-ethyl adjacent to an activating group) is 1. The highest BCUT2D eigenvalue weighted by molar-refractivity contribution is 7.89. The van der Waals surface area contributed by atoms with Crippen molar-refractivity contribution < 1.29 is 8.42 Å². The molecule has 4 N–H and O–H groups in total. The van der Waals surface area contributed by atoms with E-state index in [-0.39, 0.29) is 4.90 Å². The molecule has 1 aliphatic heterocycles. The lowest BCUT2D eigenvalue weighted by atomic mass is 10.1. The SMILES string of the molecule is CC1CN(c2cc(N)cc(S(N)(=O)=O)c2)CC(C)N1C. The van der Waals surface area contributed by atoms with Crippen LogP contribution >= 0.6 is 0 Å². The number of hydrogen-bond acceptors (Lipinski definition) is 5. The van der Waals surface area contributed by atoms with Gasteiger partial charge in [0.25, 0.3) is 0 Å². The van der Waals surface area contributed by atoms with Crippen molar-refractivity contribution in [1.29, 1.82) is 0 Å². The number of rotatable bonds is 2. The van der Waals surface area contributed by atoms with Crippen LogP contribution in [0.15, 0.2) is 23.1 Å². The second-order valence-corrected chi connectivity index (χ2v) is 7.14. The summed E-state index contributed by atoms with van der Waals surface area (Å²) >= 11 is 0. The lowest BCUT2D eigenvalue weighted by Crippen LogP contribution is -2.55. The topological polar surface area (TPSA) is 92.7 Å². The molecule has 0 spiro atoms. The van der Waals surface area contributed by atoms with Crippen LogP contribution in [0.25, 0.3) is 0 Å². The van der Waals surface area contributed by atoms with E-state index in [4.69, 9.17) is 10.9 Å². The van der Waals surface area contributed by atoms with Gasteiger partial charge in [-0.3, -0.25) is 4.90 Å². The summed E-state index contributed by atoms with van der Waals surface area (Å²) < 4.78 is 23.0. The van der Waals surface area contributed by atoms with Gasteiger partial charge in [0.15, 0.2) is 0 Å². The van der Waals surface area contributed by atoms with Gasteiger partial charge in [0.2, 0.25) is 10.0 Å². The van der Waals surface area contributed by atoms with E-state index >= 15 is 0 Å². The van der Waals surface area contributed by atoms with E-state index in [1.807, 2.05) is 0 Å². The van der Waals surface area contributed by atoms with Gasteiger partial charge in [0, 0.05) is 36.5 Å². The first-order chi connectivity index (χ1) is 9.18. The Balaban J connectivity index is 2.36. The third kappa shape index (κ3) is 3.05. The Morgan fingerprint density at radius 3 is 2.20 bits per heavy atom. The molecule has 1 saturated heterocycles. The third-order valence-corrected chi connectivity index (χ3v) is 4.86. The largest absolute Gasteiger partial charge is 0.399 e. The van der Waals surface area contributed by atoms with Gasteiger partial charge in [-0.25, -0.2) is 13.6 Å². The summed E-state index contributed by atoms with van der Waals surface area (Å²) in [6.45, 7) is 5.95. The van der Waals surface area contributed by atoms with Crippen molar-refractivity contribution in [3.8, 4) is 0 Å². The molecule has 7 heteroatoms. The average Bonchev–Trinajstić information content (AvgIpc) is 2.33. The number of primary sulfonamides is 1. The van der Waals surface area contributed by atoms with Gasteiger partial charge in [-0.1, -0.05) is 0 Å². The first kappa shape index (κ1) is 15.1. The maximum atomic E-state index is 11.5. The molecule has 0 amide bonds. The van der Waals surface area contributed by atoms with Gasteiger partial charge in [-0.05, 0) is 39.1 Å². The first-order valence-electron chi connectivity index (χ1n) is 6.58. The lowest BCUT2D eigenvalue weighted by molar-refractivity contribution is 0.170. The van der Waals surface area contributed by atoms with Crippen molar-refractivity contribution in [2.24, 2.45) is 5.14 Å². The summed E-state index contributed by atoms with van der Waals surface area (Å²) in [5, 5.41) is 5.19. The number of sulfonamides is 1. The van der Waals surface area contributed by atoms with E-state index in [2.05, 4.69) is 30.7 Å². The van der Waals surface area contributed by atoms with Crippen molar-refractivity contribution >= 4 is 21.4 Å². The van der Waals surface area contributed by atoms with Crippen LogP contribution in [-0.2, 0) is 10.0 Å². The number of piperazine rings is 1. The number of benzene rings is 1. The van der Waals surface area contributed by atoms with Crippen molar-refractivity contribution in [1.82, 2.24) is 4.90 Å². The van der Waals surface area contributed by atoms with Gasteiger partial charge in [-0.15, -0.1) is 0 Å². The van der Waals surface area contributed by atoms with Crippen LogP contribution in [0.1, 0.15) is 13.8 Å². The zero-order valence-electron chi connectivity index (χ0n) is 12.1. The molecule has 0 aromatic heterocycles. The minimum Gasteiger partial charge on any atom is -0.399 e. The molecule has 0 aliphatic carbocycles. The molecule has 112 valence electrons. The number of anilines is 2. The predicted octanol–water partition coefficient (Wildman–Crippen LogP) is 0.445. The molecule has 2 rings (SSSR count). The van der Waals surface area contributed by atoms with E-state index in [0.29, 0.717) is 17.8 Å². The Kier molecular flexibility index (Phi) is 3.95. The number of nitrogens with zero attached hydrogens (tertiary/aromatic N) is 2. The van der Waals surface area contributed by atoms with Crippen LogP contribution in [0, 0.1) is 0 Å². The fraction of sp³-hybridized carbons (Fsp3) is 0.538. The molecular weight excluding hydrogens is 276 g/mol. The normalized spacial score (nSPS) is 24.9. The lowest BCUT2D eigenvalue weighted by Gasteiger charge is -2.43. The Bertz CT molecular complexity index is 590. The van der Waals surface area contributed by atoms with E-state index < -0.39 is 10.0 Å².